The van der Waals surface area contributed by atoms with Gasteiger partial charge in [-0.05, 0) is 66.3 Å². The molecule has 0 spiro atoms. The summed E-state index contributed by atoms with van der Waals surface area (Å²) in [7, 11) is 0. The van der Waals surface area contributed by atoms with E-state index in [1.807, 2.05) is 12.1 Å². The largest absolute Gasteiger partial charge is 0.487 e. The van der Waals surface area contributed by atoms with Crippen molar-refractivity contribution in [3.8, 4) is 16.9 Å². The number of carbonyl (C=O) groups excluding carboxylic acids is 1. The second-order valence-electron chi connectivity index (χ2n) is 8.35. The van der Waals surface area contributed by atoms with E-state index in [2.05, 4.69) is 20.8 Å². The molecule has 2 aromatic rings. The number of ether oxygens (including phenoxy) is 1. The molecule has 26 heavy (non-hydrogen) atoms. The number of benzene rings is 2. The zero-order chi connectivity index (χ0) is 18.7. The van der Waals surface area contributed by atoms with Crippen LogP contribution in [0.3, 0.4) is 0 Å². The highest BCUT2D eigenvalue weighted by atomic mass is 19.1. The molecule has 0 unspecified atom stereocenters. The zero-order valence-corrected chi connectivity index (χ0v) is 15.8. The maximum absolute atomic E-state index is 14.5. The molecule has 138 valence electrons. The molecule has 2 nitrogen and oxygen atoms in total. The van der Waals surface area contributed by atoms with Crippen molar-refractivity contribution in [2.45, 2.75) is 52.6 Å². The van der Waals surface area contributed by atoms with Gasteiger partial charge < -0.3 is 4.74 Å². The molecule has 2 aromatic carbocycles. The minimum absolute atomic E-state index is 0.0901. The molecule has 0 aromatic heterocycles. The fourth-order valence-corrected chi connectivity index (χ4v) is 3.79. The van der Waals surface area contributed by atoms with Crippen molar-refractivity contribution in [3.63, 3.8) is 0 Å². The fourth-order valence-electron chi connectivity index (χ4n) is 3.79. The normalized spacial score (nSPS) is 20.6. The summed E-state index contributed by atoms with van der Waals surface area (Å²) in [5.41, 5.74) is 2.48. The van der Waals surface area contributed by atoms with E-state index in [4.69, 9.17) is 4.74 Å². The molecule has 1 saturated carbocycles. The number of aldehydes is 1. The van der Waals surface area contributed by atoms with Crippen molar-refractivity contribution < 1.29 is 13.9 Å². The minimum Gasteiger partial charge on any atom is -0.487 e. The van der Waals surface area contributed by atoms with Crippen LogP contribution in [0, 0.1) is 17.2 Å². The van der Waals surface area contributed by atoms with Crippen molar-refractivity contribution in [2.75, 3.05) is 0 Å². The van der Waals surface area contributed by atoms with E-state index < -0.39 is 0 Å². The van der Waals surface area contributed by atoms with Gasteiger partial charge in [-0.3, -0.25) is 4.79 Å². The van der Waals surface area contributed by atoms with Gasteiger partial charge in [-0.1, -0.05) is 45.0 Å². The van der Waals surface area contributed by atoms with E-state index in [0.717, 1.165) is 43.1 Å². The molecule has 1 aliphatic rings. The molecular formula is C23H27FO2. The Bertz CT molecular complexity index is 768. The maximum atomic E-state index is 14.5. The molecule has 0 aliphatic heterocycles. The number of halogens is 1. The van der Waals surface area contributed by atoms with Crippen molar-refractivity contribution in [2.24, 2.45) is 11.3 Å². The molecule has 0 saturated heterocycles. The molecule has 0 amide bonds. The summed E-state index contributed by atoms with van der Waals surface area (Å²) in [6, 6.07) is 12.2. The predicted octanol–water partition coefficient (Wildman–Crippen LogP) is 6.29. The number of hydrogen-bond donors (Lipinski definition) is 0. The van der Waals surface area contributed by atoms with Crippen LogP contribution in [0.4, 0.5) is 4.39 Å². The monoisotopic (exact) mass is 354 g/mol. The van der Waals surface area contributed by atoms with Gasteiger partial charge in [0.2, 0.25) is 0 Å². The molecule has 3 heteroatoms. The summed E-state index contributed by atoms with van der Waals surface area (Å²) in [4.78, 5) is 10.9. The zero-order valence-electron chi connectivity index (χ0n) is 15.8. The van der Waals surface area contributed by atoms with Crippen molar-refractivity contribution in [3.05, 3.63) is 53.8 Å². The van der Waals surface area contributed by atoms with Crippen LogP contribution >= 0.6 is 0 Å². The minimum atomic E-state index is -0.350. The summed E-state index contributed by atoms with van der Waals surface area (Å²) < 4.78 is 20.5. The molecular weight excluding hydrogens is 327 g/mol. The lowest BCUT2D eigenvalue weighted by Gasteiger charge is -2.37. The molecule has 0 N–H and O–H groups in total. The van der Waals surface area contributed by atoms with Crippen molar-refractivity contribution in [1.29, 1.82) is 0 Å². The van der Waals surface area contributed by atoms with E-state index >= 15 is 0 Å². The Hall–Kier alpha value is -2.16. The second-order valence-corrected chi connectivity index (χ2v) is 8.35. The lowest BCUT2D eigenvalue weighted by atomic mass is 9.72. The van der Waals surface area contributed by atoms with E-state index in [-0.39, 0.29) is 11.9 Å². The Labute approximate surface area is 155 Å². The van der Waals surface area contributed by atoms with E-state index in [1.54, 1.807) is 24.3 Å². The Balaban J connectivity index is 1.68. The van der Waals surface area contributed by atoms with Gasteiger partial charge >= 0.3 is 0 Å². The predicted molar refractivity (Wildman–Crippen MR) is 103 cm³/mol. The van der Waals surface area contributed by atoms with Crippen LogP contribution < -0.4 is 4.74 Å². The van der Waals surface area contributed by atoms with Gasteiger partial charge in [0.25, 0.3) is 0 Å². The molecule has 0 radical (unpaired) electrons. The van der Waals surface area contributed by atoms with Crippen LogP contribution in [0.1, 0.15) is 56.8 Å². The van der Waals surface area contributed by atoms with Crippen LogP contribution in [0.15, 0.2) is 42.5 Å². The quantitative estimate of drug-likeness (QED) is 0.603. The Morgan fingerprint density at radius 3 is 2.31 bits per heavy atom. The second kappa shape index (κ2) is 7.61. The SMILES string of the molecule is CC(C)(C)C1CCC(Oc2ccc(-c3cccc(C=O)c3)cc2F)CC1. The van der Waals surface area contributed by atoms with Gasteiger partial charge in [-0.15, -0.1) is 0 Å². The molecule has 1 aliphatic carbocycles. The number of hydrogen-bond acceptors (Lipinski definition) is 2. The smallest absolute Gasteiger partial charge is 0.165 e. The lowest BCUT2D eigenvalue weighted by molar-refractivity contribution is 0.0854. The van der Waals surface area contributed by atoms with Crippen LogP contribution in [0.2, 0.25) is 0 Å². The summed E-state index contributed by atoms with van der Waals surface area (Å²) in [6.07, 6.45) is 5.10. The van der Waals surface area contributed by atoms with Gasteiger partial charge in [-0.2, -0.15) is 0 Å². The van der Waals surface area contributed by atoms with Crippen molar-refractivity contribution in [1.82, 2.24) is 0 Å². The number of rotatable bonds is 4. The van der Waals surface area contributed by atoms with Gasteiger partial charge in [0.15, 0.2) is 11.6 Å². The molecule has 0 bridgehead atoms. The van der Waals surface area contributed by atoms with Crippen molar-refractivity contribution >= 4 is 6.29 Å². The number of carbonyl (C=O) groups is 1. The average Bonchev–Trinajstić information content (AvgIpc) is 2.63. The first-order chi connectivity index (χ1) is 12.4. The van der Waals surface area contributed by atoms with Gasteiger partial charge in [-0.25, -0.2) is 4.39 Å². The molecule has 0 atom stereocenters. The standard InChI is InChI=1S/C23H27FO2/c1-23(2,3)19-8-10-20(11-9-19)26-22-12-7-18(14-21(22)24)17-6-4-5-16(13-17)15-25/h4-7,12-15,19-20H,8-11H2,1-3H3. The Morgan fingerprint density at radius 1 is 1.00 bits per heavy atom. The van der Waals surface area contributed by atoms with E-state index in [1.165, 1.54) is 6.07 Å². The summed E-state index contributed by atoms with van der Waals surface area (Å²) in [5, 5.41) is 0. The Morgan fingerprint density at radius 2 is 1.69 bits per heavy atom. The van der Waals surface area contributed by atoms with E-state index in [0.29, 0.717) is 22.6 Å². The Kier molecular flexibility index (Phi) is 5.45. The third-order valence-electron chi connectivity index (χ3n) is 5.48. The fraction of sp³-hybridized carbons (Fsp3) is 0.435. The van der Waals surface area contributed by atoms with Crippen LogP contribution in [0.5, 0.6) is 5.75 Å². The first-order valence-electron chi connectivity index (χ1n) is 9.38. The lowest BCUT2D eigenvalue weighted by Crippen LogP contribution is -2.30. The van der Waals surface area contributed by atoms with Gasteiger partial charge in [0.05, 0.1) is 6.10 Å². The average molecular weight is 354 g/mol. The molecule has 1 fully saturated rings. The van der Waals surface area contributed by atoms with E-state index in [9.17, 15) is 9.18 Å². The molecule has 3 rings (SSSR count). The summed E-state index contributed by atoms with van der Waals surface area (Å²) in [5.74, 6) is 0.677. The first-order valence-corrected chi connectivity index (χ1v) is 9.38. The van der Waals surface area contributed by atoms with Crippen LogP contribution in [-0.2, 0) is 0 Å². The highest BCUT2D eigenvalue weighted by Crippen LogP contribution is 2.39. The first kappa shape index (κ1) is 18.6. The maximum Gasteiger partial charge on any atom is 0.165 e. The van der Waals surface area contributed by atoms with Crippen LogP contribution in [-0.4, -0.2) is 12.4 Å². The highest BCUT2D eigenvalue weighted by molar-refractivity contribution is 5.78. The van der Waals surface area contributed by atoms with Gasteiger partial charge in [0, 0.05) is 5.56 Å². The third-order valence-corrected chi connectivity index (χ3v) is 5.48. The van der Waals surface area contributed by atoms with Crippen LogP contribution in [0.25, 0.3) is 11.1 Å². The topological polar surface area (TPSA) is 26.3 Å². The third kappa shape index (κ3) is 4.32. The summed E-state index contributed by atoms with van der Waals surface area (Å²) in [6.45, 7) is 6.87. The molecule has 0 heterocycles. The van der Waals surface area contributed by atoms with Gasteiger partial charge in [0.1, 0.15) is 6.29 Å². The highest BCUT2D eigenvalue weighted by Gasteiger charge is 2.30. The summed E-state index contributed by atoms with van der Waals surface area (Å²) >= 11 is 0.